The summed E-state index contributed by atoms with van der Waals surface area (Å²) in [6.45, 7) is 3.37. The monoisotopic (exact) mass is 392 g/mol. The van der Waals surface area contributed by atoms with Crippen LogP contribution in [-0.2, 0) is 21.4 Å². The van der Waals surface area contributed by atoms with Crippen molar-refractivity contribution >= 4 is 15.9 Å². The van der Waals surface area contributed by atoms with E-state index in [1.54, 1.807) is 6.07 Å². The van der Waals surface area contributed by atoms with Gasteiger partial charge < -0.3 is 5.32 Å². The van der Waals surface area contributed by atoms with E-state index in [0.29, 0.717) is 6.42 Å². The Hall–Kier alpha value is -2.25. The fourth-order valence-corrected chi connectivity index (χ4v) is 3.45. The lowest BCUT2D eigenvalue weighted by Crippen LogP contribution is -2.41. The molecule has 27 heavy (non-hydrogen) atoms. The van der Waals surface area contributed by atoms with Gasteiger partial charge in [-0.1, -0.05) is 55.0 Å². The van der Waals surface area contributed by atoms with Gasteiger partial charge in [-0.3, -0.25) is 4.79 Å². The Morgan fingerprint density at radius 2 is 1.78 bits per heavy atom. The number of halogens is 1. The zero-order valence-corrected chi connectivity index (χ0v) is 16.6. The van der Waals surface area contributed by atoms with E-state index in [9.17, 15) is 17.6 Å². The lowest BCUT2D eigenvalue weighted by atomic mass is 10.0. The van der Waals surface area contributed by atoms with Crippen LogP contribution >= 0.6 is 0 Å². The maximum absolute atomic E-state index is 13.9. The smallest absolute Gasteiger partial charge is 0.235 e. The minimum atomic E-state index is -3.68. The van der Waals surface area contributed by atoms with Gasteiger partial charge in [-0.2, -0.15) is 4.31 Å². The molecular weight excluding hydrogens is 367 g/mol. The number of sulfonamides is 1. The van der Waals surface area contributed by atoms with Crippen LogP contribution in [0.4, 0.5) is 4.39 Å². The summed E-state index contributed by atoms with van der Waals surface area (Å²) in [5.41, 5.74) is 2.30. The van der Waals surface area contributed by atoms with Crippen molar-refractivity contribution in [2.24, 2.45) is 0 Å². The third-order valence-electron chi connectivity index (χ3n) is 4.32. The van der Waals surface area contributed by atoms with Crippen molar-refractivity contribution in [3.63, 3.8) is 0 Å². The van der Waals surface area contributed by atoms with E-state index in [4.69, 9.17) is 0 Å². The molecule has 1 N–H and O–H groups in total. The predicted octanol–water partition coefficient (Wildman–Crippen LogP) is 3.16. The van der Waals surface area contributed by atoms with Crippen LogP contribution in [0.2, 0.25) is 0 Å². The summed E-state index contributed by atoms with van der Waals surface area (Å²) in [5, 5.41) is 2.87. The van der Waals surface area contributed by atoms with E-state index >= 15 is 0 Å². The molecule has 0 bridgehead atoms. The van der Waals surface area contributed by atoms with Crippen LogP contribution in [0.25, 0.3) is 0 Å². The second-order valence-corrected chi connectivity index (χ2v) is 8.54. The van der Waals surface area contributed by atoms with Gasteiger partial charge in [-0.25, -0.2) is 12.8 Å². The summed E-state index contributed by atoms with van der Waals surface area (Å²) >= 11 is 0. The molecule has 0 saturated carbocycles. The topological polar surface area (TPSA) is 66.5 Å². The number of hydrogen-bond acceptors (Lipinski definition) is 3. The number of carbonyl (C=O) groups excluding carboxylic acids is 1. The van der Waals surface area contributed by atoms with Crippen molar-refractivity contribution in [3.8, 4) is 0 Å². The number of aryl methyl sites for hydroxylation is 1. The number of rotatable bonds is 8. The molecule has 0 spiro atoms. The van der Waals surface area contributed by atoms with Crippen molar-refractivity contribution in [1.82, 2.24) is 9.62 Å². The van der Waals surface area contributed by atoms with Gasteiger partial charge in [0, 0.05) is 12.1 Å². The molecule has 5 nitrogen and oxygen atoms in total. The van der Waals surface area contributed by atoms with Crippen molar-refractivity contribution in [2.75, 3.05) is 12.8 Å². The third kappa shape index (κ3) is 6.15. The summed E-state index contributed by atoms with van der Waals surface area (Å²) in [6, 6.07) is 13.5. The molecule has 0 aliphatic carbocycles. The zero-order valence-electron chi connectivity index (χ0n) is 15.8. The molecule has 0 heterocycles. The Bertz CT molecular complexity index is 882. The molecule has 0 fully saturated rings. The number of carbonyl (C=O) groups is 1. The number of hydrogen-bond donors (Lipinski definition) is 1. The van der Waals surface area contributed by atoms with Gasteiger partial charge in [0.15, 0.2) is 0 Å². The first-order chi connectivity index (χ1) is 12.7. The lowest BCUT2D eigenvalue weighted by Gasteiger charge is -2.23. The Morgan fingerprint density at radius 3 is 2.33 bits per heavy atom. The van der Waals surface area contributed by atoms with Crippen molar-refractivity contribution in [3.05, 3.63) is 71.0 Å². The van der Waals surface area contributed by atoms with Gasteiger partial charge in [0.25, 0.3) is 0 Å². The van der Waals surface area contributed by atoms with Crippen molar-refractivity contribution in [2.45, 2.75) is 32.9 Å². The zero-order chi connectivity index (χ0) is 20.0. The molecule has 0 saturated heterocycles. The van der Waals surface area contributed by atoms with Crippen molar-refractivity contribution < 1.29 is 17.6 Å². The maximum Gasteiger partial charge on any atom is 0.235 e. The molecule has 2 aromatic rings. The Labute approximate surface area is 160 Å². The van der Waals surface area contributed by atoms with Gasteiger partial charge in [0.2, 0.25) is 15.9 Å². The molecule has 0 aliphatic heterocycles. The molecular formula is C20H25FN2O3S. The van der Waals surface area contributed by atoms with Gasteiger partial charge >= 0.3 is 0 Å². The van der Waals surface area contributed by atoms with Gasteiger partial charge in [-0.15, -0.1) is 0 Å². The third-order valence-corrected chi connectivity index (χ3v) is 5.51. The normalized spacial score (nSPS) is 12.8. The summed E-state index contributed by atoms with van der Waals surface area (Å²) in [6.07, 6.45) is 1.68. The number of amides is 1. The van der Waals surface area contributed by atoms with Crippen LogP contribution in [0.15, 0.2) is 48.5 Å². The Morgan fingerprint density at radius 1 is 1.15 bits per heavy atom. The van der Waals surface area contributed by atoms with Crippen molar-refractivity contribution in [1.29, 1.82) is 0 Å². The highest BCUT2D eigenvalue weighted by atomic mass is 32.2. The highest BCUT2D eigenvalue weighted by Crippen LogP contribution is 2.18. The van der Waals surface area contributed by atoms with Gasteiger partial charge in [0.05, 0.1) is 18.8 Å². The first-order valence-electron chi connectivity index (χ1n) is 8.75. The lowest BCUT2D eigenvalue weighted by molar-refractivity contribution is -0.122. The summed E-state index contributed by atoms with van der Waals surface area (Å²) in [4.78, 5) is 12.5. The number of benzene rings is 2. The minimum Gasteiger partial charge on any atom is -0.348 e. The van der Waals surface area contributed by atoms with Crippen LogP contribution in [0, 0.1) is 12.7 Å². The van der Waals surface area contributed by atoms with E-state index in [-0.39, 0.29) is 24.7 Å². The molecule has 2 aromatic carbocycles. The van der Waals surface area contributed by atoms with Crippen LogP contribution in [-0.4, -0.2) is 31.4 Å². The average Bonchev–Trinajstić information content (AvgIpc) is 2.61. The molecule has 1 amide bonds. The molecule has 7 heteroatoms. The first kappa shape index (κ1) is 21.1. The van der Waals surface area contributed by atoms with E-state index in [1.807, 2.05) is 38.1 Å². The van der Waals surface area contributed by atoms with Crippen LogP contribution in [0.5, 0.6) is 0 Å². The highest BCUT2D eigenvalue weighted by Gasteiger charge is 2.23. The highest BCUT2D eigenvalue weighted by molar-refractivity contribution is 7.88. The van der Waals surface area contributed by atoms with E-state index in [0.717, 1.165) is 21.7 Å². The molecule has 146 valence electrons. The van der Waals surface area contributed by atoms with E-state index in [1.165, 1.54) is 18.2 Å². The number of nitrogens with zero attached hydrogens (tertiary/aromatic N) is 1. The summed E-state index contributed by atoms with van der Waals surface area (Å²) in [5.74, 6) is -0.929. The molecule has 0 radical (unpaired) electrons. The predicted molar refractivity (Wildman–Crippen MR) is 104 cm³/mol. The summed E-state index contributed by atoms with van der Waals surface area (Å²) < 4.78 is 39.0. The summed E-state index contributed by atoms with van der Waals surface area (Å²) in [7, 11) is -3.68. The first-order valence-corrected chi connectivity index (χ1v) is 10.6. The standard InChI is InChI=1S/C20H25FN2O3S/c1-4-19(16-11-9-15(2)10-12-16)22-20(24)14-23(27(3,25)26)13-17-7-5-6-8-18(17)21/h5-12,19H,4,13-14H2,1-3H3,(H,22,24)/t19-/m1/s1. The minimum absolute atomic E-state index is 0.194. The van der Waals surface area contributed by atoms with Gasteiger partial charge in [0.1, 0.15) is 5.82 Å². The molecule has 0 unspecified atom stereocenters. The molecule has 2 rings (SSSR count). The Balaban J connectivity index is 2.11. The quantitative estimate of drug-likeness (QED) is 0.750. The average molecular weight is 392 g/mol. The van der Waals surface area contributed by atoms with Crippen LogP contribution < -0.4 is 5.32 Å². The Kier molecular flexibility index (Phi) is 7.10. The molecule has 0 aromatic heterocycles. The molecule has 0 aliphatic rings. The molecule has 1 atom stereocenters. The van der Waals surface area contributed by atoms with Crippen LogP contribution in [0.3, 0.4) is 0 Å². The fourth-order valence-electron chi connectivity index (χ4n) is 2.73. The SMILES string of the molecule is CC[C@@H](NC(=O)CN(Cc1ccccc1F)S(C)(=O)=O)c1ccc(C)cc1. The largest absolute Gasteiger partial charge is 0.348 e. The fraction of sp³-hybridized carbons (Fsp3) is 0.350. The maximum atomic E-state index is 13.9. The number of nitrogens with one attached hydrogen (secondary N) is 1. The van der Waals surface area contributed by atoms with Crippen LogP contribution in [0.1, 0.15) is 36.1 Å². The van der Waals surface area contributed by atoms with Gasteiger partial charge in [-0.05, 0) is 25.0 Å². The van der Waals surface area contributed by atoms with E-state index < -0.39 is 21.7 Å². The second-order valence-electron chi connectivity index (χ2n) is 6.56. The second kappa shape index (κ2) is 9.10. The van der Waals surface area contributed by atoms with E-state index in [2.05, 4.69) is 5.32 Å².